The van der Waals surface area contributed by atoms with E-state index in [0.29, 0.717) is 4.47 Å². The Morgan fingerprint density at radius 2 is 2.29 bits per heavy atom. The maximum absolute atomic E-state index is 13.0. The third kappa shape index (κ3) is 1.91. The Hall–Kier alpha value is -0.610. The summed E-state index contributed by atoms with van der Waals surface area (Å²) in [6.07, 6.45) is 1.01. The minimum Gasteiger partial charge on any atom is -0.370 e. The third-order valence-corrected chi connectivity index (χ3v) is 3.10. The highest BCUT2D eigenvalue weighted by molar-refractivity contribution is 9.10. The van der Waals surface area contributed by atoms with E-state index in [2.05, 4.69) is 20.8 Å². The van der Waals surface area contributed by atoms with Crippen LogP contribution in [0.5, 0.6) is 0 Å². The zero-order valence-corrected chi connectivity index (χ0v) is 9.30. The van der Waals surface area contributed by atoms with Crippen LogP contribution in [-0.4, -0.2) is 19.1 Å². The predicted octanol–water partition coefficient (Wildman–Crippen LogP) is 2.13. The standard InChI is InChI=1S/C10H12BrFN2/c11-9-5-8(1-2-10(9)12)14-4-3-7(13)6-14/h1-2,5,7H,3-4,6,13H2. The van der Waals surface area contributed by atoms with Crippen LogP contribution < -0.4 is 10.6 Å². The molecular weight excluding hydrogens is 247 g/mol. The third-order valence-electron chi connectivity index (χ3n) is 2.49. The minimum absolute atomic E-state index is 0.225. The number of nitrogens with zero attached hydrogens (tertiary/aromatic N) is 1. The highest BCUT2D eigenvalue weighted by Crippen LogP contribution is 2.25. The maximum atomic E-state index is 13.0. The second kappa shape index (κ2) is 3.87. The number of halogens is 2. The van der Waals surface area contributed by atoms with Gasteiger partial charge in [0.2, 0.25) is 0 Å². The van der Waals surface area contributed by atoms with Crippen LogP contribution in [0, 0.1) is 5.82 Å². The van der Waals surface area contributed by atoms with Gasteiger partial charge in [0.05, 0.1) is 4.47 Å². The first-order valence-electron chi connectivity index (χ1n) is 4.62. The first kappa shape index (κ1) is 9.93. The van der Waals surface area contributed by atoms with Gasteiger partial charge in [-0.15, -0.1) is 0 Å². The minimum atomic E-state index is -0.225. The topological polar surface area (TPSA) is 29.3 Å². The van der Waals surface area contributed by atoms with Crippen molar-refractivity contribution in [3.8, 4) is 0 Å². The highest BCUT2D eigenvalue weighted by atomic mass is 79.9. The van der Waals surface area contributed by atoms with Crippen molar-refractivity contribution in [1.29, 1.82) is 0 Å². The second-order valence-electron chi connectivity index (χ2n) is 3.59. The highest BCUT2D eigenvalue weighted by Gasteiger charge is 2.19. The normalized spacial score (nSPS) is 21.6. The molecule has 14 heavy (non-hydrogen) atoms. The van der Waals surface area contributed by atoms with Crippen molar-refractivity contribution in [2.45, 2.75) is 12.5 Å². The van der Waals surface area contributed by atoms with Crippen LogP contribution in [0.3, 0.4) is 0 Å². The molecule has 1 aliphatic rings. The summed E-state index contributed by atoms with van der Waals surface area (Å²) in [5, 5.41) is 0. The van der Waals surface area contributed by atoms with E-state index in [0.717, 1.165) is 25.2 Å². The van der Waals surface area contributed by atoms with E-state index in [4.69, 9.17) is 5.73 Å². The second-order valence-corrected chi connectivity index (χ2v) is 4.45. The SMILES string of the molecule is NC1CCN(c2ccc(F)c(Br)c2)C1. The van der Waals surface area contributed by atoms with E-state index in [1.807, 2.05) is 0 Å². The Labute approximate surface area is 91.0 Å². The zero-order chi connectivity index (χ0) is 10.1. The lowest BCUT2D eigenvalue weighted by atomic mass is 10.3. The largest absolute Gasteiger partial charge is 0.370 e. The smallest absolute Gasteiger partial charge is 0.137 e. The molecule has 2 rings (SSSR count). The lowest BCUT2D eigenvalue weighted by Crippen LogP contribution is -2.26. The molecule has 1 fully saturated rings. The number of rotatable bonds is 1. The molecule has 1 heterocycles. The summed E-state index contributed by atoms with van der Waals surface area (Å²) in [6.45, 7) is 1.82. The van der Waals surface area contributed by atoms with Gasteiger partial charge in [-0.2, -0.15) is 0 Å². The first-order chi connectivity index (χ1) is 6.66. The quantitative estimate of drug-likeness (QED) is 0.837. The Bertz CT molecular complexity index is 343. The van der Waals surface area contributed by atoms with Crippen molar-refractivity contribution < 1.29 is 4.39 Å². The molecular formula is C10H12BrFN2. The molecule has 0 aromatic heterocycles. The van der Waals surface area contributed by atoms with Crippen LogP contribution in [0.1, 0.15) is 6.42 Å². The van der Waals surface area contributed by atoms with E-state index in [-0.39, 0.29) is 11.9 Å². The van der Waals surface area contributed by atoms with Crippen LogP contribution in [0.2, 0.25) is 0 Å². The van der Waals surface area contributed by atoms with Crippen LogP contribution in [0.25, 0.3) is 0 Å². The molecule has 1 aliphatic heterocycles. The molecule has 0 bridgehead atoms. The Balaban J connectivity index is 2.20. The van der Waals surface area contributed by atoms with Gasteiger partial charge in [-0.25, -0.2) is 4.39 Å². The van der Waals surface area contributed by atoms with Gasteiger partial charge in [0.15, 0.2) is 0 Å². The molecule has 1 aromatic rings. The molecule has 2 N–H and O–H groups in total. The van der Waals surface area contributed by atoms with Gasteiger partial charge < -0.3 is 10.6 Å². The fourth-order valence-electron chi connectivity index (χ4n) is 1.70. The Morgan fingerprint density at radius 1 is 1.50 bits per heavy atom. The van der Waals surface area contributed by atoms with E-state index in [9.17, 15) is 4.39 Å². The molecule has 0 saturated carbocycles. The summed E-state index contributed by atoms with van der Waals surface area (Å²) in [4.78, 5) is 2.18. The molecule has 2 nitrogen and oxygen atoms in total. The fraction of sp³-hybridized carbons (Fsp3) is 0.400. The van der Waals surface area contributed by atoms with E-state index in [1.54, 1.807) is 12.1 Å². The van der Waals surface area contributed by atoms with Gasteiger partial charge in [-0.05, 0) is 40.5 Å². The van der Waals surface area contributed by atoms with Gasteiger partial charge in [0.25, 0.3) is 0 Å². The molecule has 1 unspecified atom stereocenters. The number of nitrogens with two attached hydrogens (primary N) is 1. The Morgan fingerprint density at radius 3 is 2.86 bits per heavy atom. The summed E-state index contributed by atoms with van der Waals surface area (Å²) < 4.78 is 13.5. The summed E-state index contributed by atoms with van der Waals surface area (Å²) in [5.41, 5.74) is 6.84. The molecule has 4 heteroatoms. The molecule has 0 amide bonds. The molecule has 76 valence electrons. The van der Waals surface area contributed by atoms with Crippen LogP contribution >= 0.6 is 15.9 Å². The molecule has 1 atom stereocenters. The van der Waals surface area contributed by atoms with Gasteiger partial charge >= 0.3 is 0 Å². The van der Waals surface area contributed by atoms with E-state index in [1.165, 1.54) is 6.07 Å². The average Bonchev–Trinajstić information content (AvgIpc) is 2.57. The molecule has 1 saturated heterocycles. The maximum Gasteiger partial charge on any atom is 0.137 e. The summed E-state index contributed by atoms with van der Waals surface area (Å²) in [7, 11) is 0. The number of benzene rings is 1. The number of hydrogen-bond donors (Lipinski definition) is 1. The van der Waals surface area contributed by atoms with Crippen molar-refractivity contribution in [3.05, 3.63) is 28.5 Å². The van der Waals surface area contributed by atoms with Crippen LogP contribution in [0.15, 0.2) is 22.7 Å². The van der Waals surface area contributed by atoms with Crippen LogP contribution in [0.4, 0.5) is 10.1 Å². The van der Waals surface area contributed by atoms with Gasteiger partial charge in [-0.3, -0.25) is 0 Å². The first-order valence-corrected chi connectivity index (χ1v) is 5.41. The summed E-state index contributed by atoms with van der Waals surface area (Å²) in [5.74, 6) is -0.225. The van der Waals surface area contributed by atoms with E-state index >= 15 is 0 Å². The van der Waals surface area contributed by atoms with Crippen molar-refractivity contribution in [1.82, 2.24) is 0 Å². The average molecular weight is 259 g/mol. The van der Waals surface area contributed by atoms with E-state index < -0.39 is 0 Å². The number of anilines is 1. The molecule has 1 aromatic carbocycles. The lowest BCUT2D eigenvalue weighted by molar-refractivity contribution is 0.621. The molecule has 0 radical (unpaired) electrons. The fourth-order valence-corrected chi connectivity index (χ4v) is 2.07. The van der Waals surface area contributed by atoms with Crippen molar-refractivity contribution in [2.24, 2.45) is 5.73 Å². The van der Waals surface area contributed by atoms with Crippen molar-refractivity contribution >= 4 is 21.6 Å². The van der Waals surface area contributed by atoms with Gasteiger partial charge in [0, 0.05) is 24.8 Å². The Kier molecular flexibility index (Phi) is 2.74. The monoisotopic (exact) mass is 258 g/mol. The lowest BCUT2D eigenvalue weighted by Gasteiger charge is -2.18. The van der Waals surface area contributed by atoms with Crippen molar-refractivity contribution in [2.75, 3.05) is 18.0 Å². The summed E-state index contributed by atoms with van der Waals surface area (Å²) in [6, 6.07) is 5.31. The number of hydrogen-bond acceptors (Lipinski definition) is 2. The molecule has 0 aliphatic carbocycles. The van der Waals surface area contributed by atoms with Crippen molar-refractivity contribution in [3.63, 3.8) is 0 Å². The van der Waals surface area contributed by atoms with Gasteiger partial charge in [0.1, 0.15) is 5.82 Å². The molecule has 0 spiro atoms. The predicted molar refractivity (Wildman–Crippen MR) is 58.9 cm³/mol. The summed E-state index contributed by atoms with van der Waals surface area (Å²) >= 11 is 3.18. The van der Waals surface area contributed by atoms with Crippen LogP contribution in [-0.2, 0) is 0 Å². The zero-order valence-electron chi connectivity index (χ0n) is 7.71. The van der Waals surface area contributed by atoms with Gasteiger partial charge in [-0.1, -0.05) is 0 Å².